The number of fused-ring (bicyclic) bond motifs is 1. The summed E-state index contributed by atoms with van der Waals surface area (Å²) in [7, 11) is 0. The maximum absolute atomic E-state index is 12.7. The lowest BCUT2D eigenvalue weighted by Crippen LogP contribution is -2.45. The van der Waals surface area contributed by atoms with Crippen molar-refractivity contribution in [1.29, 1.82) is 0 Å². The molecule has 3 amide bonds. The fraction of sp³-hybridized carbons (Fsp3) is 0.706. The Morgan fingerprint density at radius 1 is 0.955 bits per heavy atom. The highest BCUT2D eigenvalue weighted by atomic mass is 16.2. The Labute approximate surface area is 130 Å². The van der Waals surface area contributed by atoms with E-state index in [9.17, 15) is 14.4 Å². The average Bonchev–Trinajstić information content (AvgIpc) is 2.84. The second-order valence-electron chi connectivity index (χ2n) is 7.05. The standard InChI is InChI=1S/C17H22N2O3/c20-13(18-8-2-1-3-9-18)10-19-16(21)14-11-4-5-12(7-6-11)15(14)17(19)22/h4-5,11-12,14-15H,1-3,6-10H2. The second-order valence-corrected chi connectivity index (χ2v) is 7.05. The van der Waals surface area contributed by atoms with Crippen LogP contribution in [0.5, 0.6) is 0 Å². The molecular formula is C17H22N2O3. The molecule has 5 heteroatoms. The first-order valence-corrected chi connectivity index (χ1v) is 8.48. The molecule has 0 aromatic rings. The van der Waals surface area contributed by atoms with E-state index in [0.29, 0.717) is 0 Å². The van der Waals surface area contributed by atoms with E-state index >= 15 is 0 Å². The normalized spacial score (nSPS) is 36.9. The Hall–Kier alpha value is -1.65. The molecule has 118 valence electrons. The first kappa shape index (κ1) is 14.0. The van der Waals surface area contributed by atoms with Crippen molar-refractivity contribution in [3.63, 3.8) is 0 Å². The van der Waals surface area contributed by atoms with Gasteiger partial charge < -0.3 is 4.90 Å². The minimum absolute atomic E-state index is 0.0515. The minimum Gasteiger partial charge on any atom is -0.341 e. The van der Waals surface area contributed by atoms with Gasteiger partial charge in [-0.1, -0.05) is 12.2 Å². The Bertz CT molecular complexity index is 518. The molecule has 1 saturated carbocycles. The number of piperidine rings is 1. The maximum Gasteiger partial charge on any atom is 0.242 e. The molecule has 5 nitrogen and oxygen atoms in total. The molecule has 0 N–H and O–H groups in total. The number of hydrogen-bond acceptors (Lipinski definition) is 3. The van der Waals surface area contributed by atoms with E-state index in [2.05, 4.69) is 12.2 Å². The van der Waals surface area contributed by atoms with Crippen molar-refractivity contribution in [3.8, 4) is 0 Å². The topological polar surface area (TPSA) is 57.7 Å². The molecule has 2 bridgehead atoms. The summed E-state index contributed by atoms with van der Waals surface area (Å²) < 4.78 is 0. The summed E-state index contributed by atoms with van der Waals surface area (Å²) >= 11 is 0. The number of hydrogen-bond donors (Lipinski definition) is 0. The number of nitrogens with zero attached hydrogens (tertiary/aromatic N) is 2. The Kier molecular flexibility index (Phi) is 3.31. The first-order valence-electron chi connectivity index (χ1n) is 8.48. The Morgan fingerprint density at radius 3 is 2.00 bits per heavy atom. The number of likely N-dealkylation sites (tertiary alicyclic amines) is 2. The van der Waals surface area contributed by atoms with Crippen LogP contribution >= 0.6 is 0 Å². The SMILES string of the molecule is O=C(CN1C(=O)C2C3C=CC(CC3)C2C1=O)N1CCCCC1. The van der Waals surface area contributed by atoms with Crippen LogP contribution in [0.4, 0.5) is 0 Å². The zero-order valence-electron chi connectivity index (χ0n) is 12.7. The zero-order chi connectivity index (χ0) is 15.3. The van der Waals surface area contributed by atoms with E-state index in [1.807, 2.05) is 0 Å². The van der Waals surface area contributed by atoms with E-state index in [0.717, 1.165) is 45.2 Å². The van der Waals surface area contributed by atoms with Crippen molar-refractivity contribution in [1.82, 2.24) is 9.80 Å². The summed E-state index contributed by atoms with van der Waals surface area (Å²) in [6.07, 6.45) is 9.40. The summed E-state index contributed by atoms with van der Waals surface area (Å²) in [4.78, 5) is 40.8. The van der Waals surface area contributed by atoms with Gasteiger partial charge in [0.05, 0.1) is 11.8 Å². The van der Waals surface area contributed by atoms with Crippen molar-refractivity contribution < 1.29 is 14.4 Å². The van der Waals surface area contributed by atoms with Gasteiger partial charge in [0.1, 0.15) is 6.54 Å². The lowest BCUT2D eigenvalue weighted by Gasteiger charge is -2.38. The fourth-order valence-corrected chi connectivity index (χ4v) is 4.67. The van der Waals surface area contributed by atoms with Gasteiger partial charge in [0.25, 0.3) is 0 Å². The van der Waals surface area contributed by atoms with Gasteiger partial charge in [0.15, 0.2) is 0 Å². The molecule has 0 radical (unpaired) electrons. The van der Waals surface area contributed by atoms with Gasteiger partial charge in [-0.3, -0.25) is 19.3 Å². The quantitative estimate of drug-likeness (QED) is 0.569. The molecule has 2 saturated heterocycles. The van der Waals surface area contributed by atoms with Gasteiger partial charge in [0.2, 0.25) is 17.7 Å². The largest absolute Gasteiger partial charge is 0.341 e. The highest BCUT2D eigenvalue weighted by Crippen LogP contribution is 2.49. The van der Waals surface area contributed by atoms with Gasteiger partial charge in [-0.05, 0) is 43.9 Å². The van der Waals surface area contributed by atoms with Crippen LogP contribution in [-0.4, -0.2) is 47.2 Å². The van der Waals surface area contributed by atoms with E-state index in [4.69, 9.17) is 0 Å². The molecule has 5 aliphatic rings. The van der Waals surface area contributed by atoms with Crippen LogP contribution < -0.4 is 0 Å². The molecule has 3 aliphatic carbocycles. The third kappa shape index (κ3) is 2.02. The maximum atomic E-state index is 12.7. The zero-order valence-corrected chi connectivity index (χ0v) is 12.7. The van der Waals surface area contributed by atoms with Gasteiger partial charge in [-0.2, -0.15) is 0 Å². The Balaban J connectivity index is 1.50. The number of rotatable bonds is 2. The van der Waals surface area contributed by atoms with Crippen molar-refractivity contribution in [3.05, 3.63) is 12.2 Å². The molecule has 22 heavy (non-hydrogen) atoms. The number of carbonyl (C=O) groups is 3. The van der Waals surface area contributed by atoms with Crippen molar-refractivity contribution in [2.45, 2.75) is 32.1 Å². The summed E-state index contributed by atoms with van der Waals surface area (Å²) in [5.74, 6) is -0.307. The molecule has 0 aromatic carbocycles. The van der Waals surface area contributed by atoms with Crippen molar-refractivity contribution in [2.24, 2.45) is 23.7 Å². The third-order valence-electron chi connectivity index (χ3n) is 5.85. The number of amides is 3. The fourth-order valence-electron chi connectivity index (χ4n) is 4.67. The average molecular weight is 302 g/mol. The van der Waals surface area contributed by atoms with Crippen molar-refractivity contribution >= 4 is 17.7 Å². The molecule has 5 rings (SSSR count). The van der Waals surface area contributed by atoms with E-state index < -0.39 is 0 Å². The lowest BCUT2D eigenvalue weighted by molar-refractivity contribution is -0.147. The second kappa shape index (κ2) is 5.21. The first-order chi connectivity index (χ1) is 10.7. The summed E-state index contributed by atoms with van der Waals surface area (Å²) in [6, 6.07) is 0. The smallest absolute Gasteiger partial charge is 0.242 e. The highest BCUT2D eigenvalue weighted by molar-refractivity contribution is 6.08. The van der Waals surface area contributed by atoms with Gasteiger partial charge in [0, 0.05) is 13.1 Å². The van der Waals surface area contributed by atoms with Crippen LogP contribution in [0.1, 0.15) is 32.1 Å². The van der Waals surface area contributed by atoms with Crippen molar-refractivity contribution in [2.75, 3.05) is 19.6 Å². The van der Waals surface area contributed by atoms with E-state index in [1.54, 1.807) is 4.90 Å². The van der Waals surface area contributed by atoms with Gasteiger partial charge >= 0.3 is 0 Å². The number of imide groups is 1. The lowest BCUT2D eigenvalue weighted by atomic mass is 9.63. The summed E-state index contributed by atoms with van der Waals surface area (Å²) in [5, 5.41) is 0. The van der Waals surface area contributed by atoms with Crippen LogP contribution in [0, 0.1) is 23.7 Å². The number of allylic oxidation sites excluding steroid dienone is 2. The molecule has 2 heterocycles. The van der Waals surface area contributed by atoms with Crippen LogP contribution in [0.2, 0.25) is 0 Å². The predicted octanol–water partition coefficient (Wildman–Crippen LogP) is 1.20. The minimum atomic E-state index is -0.203. The molecular weight excluding hydrogens is 280 g/mol. The molecule has 0 aromatic heterocycles. The van der Waals surface area contributed by atoms with Gasteiger partial charge in [-0.15, -0.1) is 0 Å². The van der Waals surface area contributed by atoms with Crippen LogP contribution in [0.15, 0.2) is 12.2 Å². The van der Waals surface area contributed by atoms with Gasteiger partial charge in [-0.25, -0.2) is 0 Å². The highest BCUT2D eigenvalue weighted by Gasteiger charge is 2.56. The van der Waals surface area contributed by atoms with Crippen LogP contribution in [0.25, 0.3) is 0 Å². The van der Waals surface area contributed by atoms with E-state index in [1.165, 1.54) is 4.90 Å². The van der Waals surface area contributed by atoms with E-state index in [-0.39, 0.29) is 47.9 Å². The monoisotopic (exact) mass is 302 g/mol. The molecule has 2 aliphatic heterocycles. The molecule has 0 spiro atoms. The van der Waals surface area contributed by atoms with Crippen LogP contribution in [-0.2, 0) is 14.4 Å². The number of carbonyl (C=O) groups excluding carboxylic acids is 3. The molecule has 4 atom stereocenters. The molecule has 4 unspecified atom stereocenters. The predicted molar refractivity (Wildman–Crippen MR) is 79.5 cm³/mol. The molecule has 3 fully saturated rings. The third-order valence-corrected chi connectivity index (χ3v) is 5.85. The Morgan fingerprint density at radius 2 is 1.50 bits per heavy atom. The summed E-state index contributed by atoms with van der Waals surface area (Å²) in [6.45, 7) is 1.47. The van der Waals surface area contributed by atoms with Crippen LogP contribution in [0.3, 0.4) is 0 Å². The summed E-state index contributed by atoms with van der Waals surface area (Å²) in [5.41, 5.74) is 0.